The van der Waals surface area contributed by atoms with Crippen LogP contribution in [0.15, 0.2) is 12.1 Å². The van der Waals surface area contributed by atoms with E-state index in [2.05, 4.69) is 5.32 Å². The van der Waals surface area contributed by atoms with Crippen LogP contribution in [-0.2, 0) is 9.53 Å². The molecule has 1 aromatic carbocycles. The van der Waals surface area contributed by atoms with Crippen molar-refractivity contribution in [2.45, 2.75) is 51.2 Å². The van der Waals surface area contributed by atoms with Crippen LogP contribution in [0.4, 0.5) is 5.69 Å². The summed E-state index contributed by atoms with van der Waals surface area (Å²) in [6.45, 7) is 1.99. The number of hydrogen-bond acceptors (Lipinski definition) is 7. The van der Waals surface area contributed by atoms with Crippen LogP contribution in [-0.4, -0.2) is 42.2 Å². The van der Waals surface area contributed by atoms with Gasteiger partial charge >= 0.3 is 5.97 Å². The molecule has 9 heteroatoms. The van der Waals surface area contributed by atoms with E-state index in [1.165, 1.54) is 13.0 Å². The zero-order valence-corrected chi connectivity index (χ0v) is 15.1. The number of ether oxygens (including phenoxy) is 3. The second-order valence-electron chi connectivity index (χ2n) is 6.66. The quantitative estimate of drug-likeness (QED) is 0.475. The van der Waals surface area contributed by atoms with Crippen LogP contribution >= 0.6 is 0 Å². The van der Waals surface area contributed by atoms with Gasteiger partial charge in [0, 0.05) is 12.1 Å². The Bertz CT molecular complexity index is 743. The largest absolute Gasteiger partial charge is 0.486 e. The second-order valence-corrected chi connectivity index (χ2v) is 6.66. The molecule has 0 aromatic heterocycles. The van der Waals surface area contributed by atoms with Crippen molar-refractivity contribution in [3.8, 4) is 11.5 Å². The zero-order chi connectivity index (χ0) is 19.4. The minimum absolute atomic E-state index is 0.0797. The molecule has 1 N–H and O–H groups in total. The van der Waals surface area contributed by atoms with E-state index in [-0.39, 0.29) is 36.3 Å². The average Bonchev–Trinajstić information content (AvgIpc) is 2.67. The summed E-state index contributed by atoms with van der Waals surface area (Å²) in [5.41, 5.74) is -0.731. The molecule has 9 nitrogen and oxygen atoms in total. The molecule has 0 saturated heterocycles. The molecule has 2 aliphatic rings. The maximum atomic E-state index is 12.5. The Balaban J connectivity index is 1.70. The lowest BCUT2D eigenvalue weighted by molar-refractivity contribution is -0.385. The topological polar surface area (TPSA) is 117 Å². The molecule has 0 spiro atoms. The van der Waals surface area contributed by atoms with Crippen molar-refractivity contribution >= 4 is 17.6 Å². The van der Waals surface area contributed by atoms with E-state index < -0.39 is 28.6 Å². The first-order valence-electron chi connectivity index (χ1n) is 9.05. The molecule has 0 bridgehead atoms. The van der Waals surface area contributed by atoms with Crippen molar-refractivity contribution in [1.82, 2.24) is 5.32 Å². The summed E-state index contributed by atoms with van der Waals surface area (Å²) in [6, 6.07) is 2.44. The number of nitro benzene ring substituents is 1. The summed E-state index contributed by atoms with van der Waals surface area (Å²) < 4.78 is 15.8. The summed E-state index contributed by atoms with van der Waals surface area (Å²) in [5, 5.41) is 14.2. The molecule has 27 heavy (non-hydrogen) atoms. The lowest BCUT2D eigenvalue weighted by Gasteiger charge is -2.24. The summed E-state index contributed by atoms with van der Waals surface area (Å²) in [6.07, 6.45) is 4.02. The molecule has 1 fully saturated rings. The van der Waals surface area contributed by atoms with E-state index in [9.17, 15) is 19.7 Å². The Kier molecular flexibility index (Phi) is 5.78. The fourth-order valence-corrected chi connectivity index (χ4v) is 3.24. The van der Waals surface area contributed by atoms with Gasteiger partial charge in [-0.2, -0.15) is 0 Å². The van der Waals surface area contributed by atoms with Crippen molar-refractivity contribution in [2.24, 2.45) is 0 Å². The fourth-order valence-electron chi connectivity index (χ4n) is 3.24. The van der Waals surface area contributed by atoms with Crippen LogP contribution in [0, 0.1) is 10.1 Å². The molecule has 1 heterocycles. The van der Waals surface area contributed by atoms with Crippen LogP contribution in [0.1, 0.15) is 49.4 Å². The number of amides is 1. The van der Waals surface area contributed by atoms with Gasteiger partial charge in [0.15, 0.2) is 17.6 Å². The van der Waals surface area contributed by atoms with E-state index in [0.717, 1.165) is 38.2 Å². The predicted molar refractivity (Wildman–Crippen MR) is 94.0 cm³/mol. The van der Waals surface area contributed by atoms with Crippen molar-refractivity contribution in [3.63, 3.8) is 0 Å². The van der Waals surface area contributed by atoms with Crippen LogP contribution in [0.3, 0.4) is 0 Å². The van der Waals surface area contributed by atoms with Crippen molar-refractivity contribution in [2.75, 3.05) is 13.2 Å². The third kappa shape index (κ3) is 4.47. The van der Waals surface area contributed by atoms with Crippen molar-refractivity contribution < 1.29 is 28.7 Å². The van der Waals surface area contributed by atoms with Crippen molar-refractivity contribution in [1.29, 1.82) is 0 Å². The molecule has 1 amide bonds. The van der Waals surface area contributed by atoms with Gasteiger partial charge in [-0.05, 0) is 19.8 Å². The second kappa shape index (κ2) is 8.24. The number of fused-ring (bicyclic) bond motifs is 1. The molecule has 146 valence electrons. The van der Waals surface area contributed by atoms with Gasteiger partial charge in [-0.3, -0.25) is 14.9 Å². The van der Waals surface area contributed by atoms with Gasteiger partial charge in [-0.15, -0.1) is 0 Å². The molecular formula is C18H22N2O7. The highest BCUT2D eigenvalue weighted by atomic mass is 16.6. The number of nitrogens with zero attached hydrogens (tertiary/aromatic N) is 1. The number of carbonyl (C=O) groups is 2. The zero-order valence-electron chi connectivity index (χ0n) is 15.1. The smallest absolute Gasteiger partial charge is 0.346 e. The average molecular weight is 378 g/mol. The van der Waals surface area contributed by atoms with E-state index in [4.69, 9.17) is 14.2 Å². The molecule has 1 atom stereocenters. The number of nitrogens with one attached hydrogen (secondary N) is 1. The lowest BCUT2D eigenvalue weighted by atomic mass is 9.95. The summed E-state index contributed by atoms with van der Waals surface area (Å²) in [5.74, 6) is -0.925. The Labute approximate surface area is 156 Å². The summed E-state index contributed by atoms with van der Waals surface area (Å²) in [7, 11) is 0. The molecule has 1 saturated carbocycles. The summed E-state index contributed by atoms with van der Waals surface area (Å²) >= 11 is 0. The Morgan fingerprint density at radius 3 is 2.44 bits per heavy atom. The number of rotatable bonds is 5. The Morgan fingerprint density at radius 2 is 1.81 bits per heavy atom. The normalized spacial score (nSPS) is 17.7. The minimum atomic E-state index is -1.06. The standard InChI is InChI=1S/C18H22N2O7/c1-11(17(21)19-12-5-3-2-4-6-12)27-18(22)13-9-15-16(26-8-7-25-15)10-14(13)20(23)24/h9-12H,2-8H2,1H3,(H,19,21). The first-order chi connectivity index (χ1) is 13.0. The van der Waals surface area contributed by atoms with E-state index in [0.29, 0.717) is 0 Å². The van der Waals surface area contributed by atoms with Crippen molar-refractivity contribution in [3.05, 3.63) is 27.8 Å². The Hall–Kier alpha value is -2.84. The van der Waals surface area contributed by atoms with Crippen LogP contribution in [0.2, 0.25) is 0 Å². The highest BCUT2D eigenvalue weighted by Gasteiger charge is 2.30. The third-order valence-corrected chi connectivity index (χ3v) is 4.68. The number of nitro groups is 1. The van der Waals surface area contributed by atoms with Gasteiger partial charge in [-0.25, -0.2) is 4.79 Å². The van der Waals surface area contributed by atoms with Crippen LogP contribution < -0.4 is 14.8 Å². The molecule has 1 aromatic rings. The molecular weight excluding hydrogens is 356 g/mol. The Morgan fingerprint density at radius 1 is 1.19 bits per heavy atom. The number of benzene rings is 1. The molecule has 0 radical (unpaired) electrons. The van der Waals surface area contributed by atoms with Crippen LogP contribution in [0.25, 0.3) is 0 Å². The van der Waals surface area contributed by atoms with Gasteiger partial charge in [0.1, 0.15) is 18.8 Å². The van der Waals surface area contributed by atoms with Gasteiger partial charge in [0.2, 0.25) is 0 Å². The number of carbonyl (C=O) groups excluding carboxylic acids is 2. The fraction of sp³-hybridized carbons (Fsp3) is 0.556. The van der Waals surface area contributed by atoms with E-state index in [1.807, 2.05) is 0 Å². The maximum absolute atomic E-state index is 12.5. The minimum Gasteiger partial charge on any atom is -0.486 e. The number of esters is 1. The van der Waals surface area contributed by atoms with E-state index in [1.54, 1.807) is 0 Å². The number of hydrogen-bond donors (Lipinski definition) is 1. The SMILES string of the molecule is CC(OC(=O)c1cc2c(cc1[N+](=O)[O-])OCCO2)C(=O)NC1CCCCC1. The monoisotopic (exact) mass is 378 g/mol. The summed E-state index contributed by atoms with van der Waals surface area (Å²) in [4.78, 5) is 35.3. The van der Waals surface area contributed by atoms with Gasteiger partial charge in [-0.1, -0.05) is 19.3 Å². The molecule has 1 unspecified atom stereocenters. The maximum Gasteiger partial charge on any atom is 0.346 e. The highest BCUT2D eigenvalue weighted by Crippen LogP contribution is 2.37. The van der Waals surface area contributed by atoms with Crippen LogP contribution in [0.5, 0.6) is 11.5 Å². The molecule has 1 aliphatic carbocycles. The first kappa shape index (κ1) is 18.9. The van der Waals surface area contributed by atoms with Gasteiger partial charge in [0.05, 0.1) is 11.0 Å². The lowest BCUT2D eigenvalue weighted by Crippen LogP contribution is -2.42. The highest BCUT2D eigenvalue weighted by molar-refractivity contribution is 5.96. The van der Waals surface area contributed by atoms with E-state index >= 15 is 0 Å². The van der Waals surface area contributed by atoms with Gasteiger partial charge < -0.3 is 19.5 Å². The predicted octanol–water partition coefficient (Wildman–Crippen LogP) is 2.36. The molecule has 3 rings (SSSR count). The third-order valence-electron chi connectivity index (χ3n) is 4.68. The van der Waals surface area contributed by atoms with Gasteiger partial charge in [0.25, 0.3) is 11.6 Å². The molecule has 1 aliphatic heterocycles. The first-order valence-corrected chi connectivity index (χ1v) is 9.05.